The Bertz CT molecular complexity index is 601. The molecule has 1 heterocycles. The Morgan fingerprint density at radius 2 is 2.20 bits per heavy atom. The van der Waals surface area contributed by atoms with Gasteiger partial charge in [-0.15, -0.1) is 0 Å². The first-order valence-electron chi connectivity index (χ1n) is 6.62. The number of hydrogen-bond donors (Lipinski definition) is 2. The van der Waals surface area contributed by atoms with E-state index in [2.05, 4.69) is 24.1 Å². The van der Waals surface area contributed by atoms with Crippen molar-refractivity contribution in [2.24, 2.45) is 5.92 Å². The summed E-state index contributed by atoms with van der Waals surface area (Å²) in [5.74, 6) is -0.0962. The van der Waals surface area contributed by atoms with Crippen molar-refractivity contribution in [1.82, 2.24) is 4.98 Å². The third-order valence-electron chi connectivity index (χ3n) is 3.36. The van der Waals surface area contributed by atoms with Gasteiger partial charge in [0.25, 0.3) is 0 Å². The van der Waals surface area contributed by atoms with Crippen LogP contribution in [0.2, 0.25) is 0 Å². The van der Waals surface area contributed by atoms with Crippen LogP contribution in [0.3, 0.4) is 0 Å². The number of halogens is 1. The van der Waals surface area contributed by atoms with E-state index in [1.807, 2.05) is 6.07 Å². The standard InChI is InChI=1S/C15H20FN3O/c1-9(2)13(8-20-3)19-15-11(16)7-12(17)10-5-4-6-18-14(10)15/h4-7,9,13,19H,8,17H2,1-3H3. The van der Waals surface area contributed by atoms with Gasteiger partial charge in [-0.25, -0.2) is 4.39 Å². The van der Waals surface area contributed by atoms with Crippen LogP contribution in [0.5, 0.6) is 0 Å². The monoisotopic (exact) mass is 277 g/mol. The fraction of sp³-hybridized carbons (Fsp3) is 0.400. The van der Waals surface area contributed by atoms with Crippen LogP contribution in [0, 0.1) is 11.7 Å². The highest BCUT2D eigenvalue weighted by Crippen LogP contribution is 2.30. The van der Waals surface area contributed by atoms with Crippen molar-refractivity contribution in [3.8, 4) is 0 Å². The van der Waals surface area contributed by atoms with E-state index in [1.54, 1.807) is 19.4 Å². The summed E-state index contributed by atoms with van der Waals surface area (Å²) in [5.41, 5.74) is 7.16. The first-order valence-corrected chi connectivity index (χ1v) is 6.62. The molecule has 0 fully saturated rings. The average molecular weight is 277 g/mol. The Balaban J connectivity index is 2.48. The molecular weight excluding hydrogens is 257 g/mol. The van der Waals surface area contributed by atoms with Crippen LogP contribution >= 0.6 is 0 Å². The normalized spacial score (nSPS) is 12.8. The molecule has 1 aromatic heterocycles. The minimum Gasteiger partial charge on any atom is -0.398 e. The Morgan fingerprint density at radius 1 is 1.45 bits per heavy atom. The Hall–Kier alpha value is -1.88. The number of nitrogens with two attached hydrogens (primary N) is 1. The smallest absolute Gasteiger partial charge is 0.150 e. The van der Waals surface area contributed by atoms with E-state index < -0.39 is 5.82 Å². The zero-order valence-corrected chi connectivity index (χ0v) is 12.0. The van der Waals surface area contributed by atoms with E-state index in [0.29, 0.717) is 29.4 Å². The van der Waals surface area contributed by atoms with Crippen LogP contribution < -0.4 is 11.1 Å². The molecule has 1 atom stereocenters. The van der Waals surface area contributed by atoms with Crippen LogP contribution in [-0.2, 0) is 4.74 Å². The van der Waals surface area contributed by atoms with Gasteiger partial charge in [0.05, 0.1) is 23.9 Å². The number of nitrogens with one attached hydrogen (secondary N) is 1. The Labute approximate surface area is 118 Å². The molecule has 2 rings (SSSR count). The number of nitrogen functional groups attached to an aromatic ring is 1. The van der Waals surface area contributed by atoms with Gasteiger partial charge in [-0.3, -0.25) is 4.98 Å². The Kier molecular flexibility index (Phi) is 4.39. The molecule has 0 spiro atoms. The predicted molar refractivity (Wildman–Crippen MR) is 80.2 cm³/mol. The van der Waals surface area contributed by atoms with Crippen LogP contribution in [-0.4, -0.2) is 24.7 Å². The molecule has 20 heavy (non-hydrogen) atoms. The van der Waals surface area contributed by atoms with Crippen LogP contribution in [0.4, 0.5) is 15.8 Å². The zero-order valence-electron chi connectivity index (χ0n) is 12.0. The fourth-order valence-electron chi connectivity index (χ4n) is 2.14. The summed E-state index contributed by atoms with van der Waals surface area (Å²) < 4.78 is 19.4. The summed E-state index contributed by atoms with van der Waals surface area (Å²) in [6, 6.07) is 4.96. The van der Waals surface area contributed by atoms with Crippen molar-refractivity contribution in [3.63, 3.8) is 0 Å². The average Bonchev–Trinajstić information content (AvgIpc) is 2.42. The van der Waals surface area contributed by atoms with E-state index in [1.165, 1.54) is 6.07 Å². The lowest BCUT2D eigenvalue weighted by Crippen LogP contribution is -2.31. The zero-order chi connectivity index (χ0) is 14.7. The summed E-state index contributed by atoms with van der Waals surface area (Å²) in [6.45, 7) is 4.61. The van der Waals surface area contributed by atoms with Gasteiger partial charge in [-0.2, -0.15) is 0 Å². The van der Waals surface area contributed by atoms with Crippen molar-refractivity contribution in [2.75, 3.05) is 24.8 Å². The predicted octanol–water partition coefficient (Wildman–Crippen LogP) is 3.04. The van der Waals surface area contributed by atoms with Crippen LogP contribution in [0.15, 0.2) is 24.4 Å². The van der Waals surface area contributed by atoms with Gasteiger partial charge in [0.2, 0.25) is 0 Å². The number of nitrogens with zero attached hydrogens (tertiary/aromatic N) is 1. The van der Waals surface area contributed by atoms with E-state index in [-0.39, 0.29) is 6.04 Å². The summed E-state index contributed by atoms with van der Waals surface area (Å²) in [6.07, 6.45) is 1.63. The van der Waals surface area contributed by atoms with Crippen molar-refractivity contribution < 1.29 is 9.13 Å². The molecule has 0 amide bonds. The summed E-state index contributed by atoms with van der Waals surface area (Å²) in [5, 5.41) is 3.95. The van der Waals surface area contributed by atoms with Crippen LogP contribution in [0.25, 0.3) is 10.9 Å². The molecule has 5 heteroatoms. The molecule has 0 bridgehead atoms. The number of anilines is 2. The quantitative estimate of drug-likeness (QED) is 0.825. The molecule has 3 N–H and O–H groups in total. The molecule has 0 saturated carbocycles. The van der Waals surface area contributed by atoms with Crippen molar-refractivity contribution in [3.05, 3.63) is 30.2 Å². The SMILES string of the molecule is COCC(Nc1c(F)cc(N)c2cccnc12)C(C)C. The molecule has 108 valence electrons. The number of benzene rings is 1. The van der Waals surface area contributed by atoms with E-state index in [0.717, 1.165) is 5.39 Å². The lowest BCUT2D eigenvalue weighted by Gasteiger charge is -2.24. The molecule has 0 saturated heterocycles. The van der Waals surface area contributed by atoms with Gasteiger partial charge in [0, 0.05) is 24.4 Å². The maximum atomic E-state index is 14.2. The van der Waals surface area contributed by atoms with E-state index in [9.17, 15) is 4.39 Å². The third kappa shape index (κ3) is 2.82. The van der Waals surface area contributed by atoms with Gasteiger partial charge in [0.1, 0.15) is 0 Å². The molecule has 0 radical (unpaired) electrons. The Morgan fingerprint density at radius 3 is 2.85 bits per heavy atom. The molecule has 4 nitrogen and oxygen atoms in total. The van der Waals surface area contributed by atoms with E-state index >= 15 is 0 Å². The lowest BCUT2D eigenvalue weighted by atomic mass is 10.0. The number of rotatable bonds is 5. The number of ether oxygens (including phenoxy) is 1. The number of methoxy groups -OCH3 is 1. The summed E-state index contributed by atoms with van der Waals surface area (Å²) >= 11 is 0. The number of hydrogen-bond acceptors (Lipinski definition) is 4. The second kappa shape index (κ2) is 6.05. The highest BCUT2D eigenvalue weighted by molar-refractivity contribution is 5.98. The molecule has 1 unspecified atom stereocenters. The van der Waals surface area contributed by atoms with Crippen molar-refractivity contribution >= 4 is 22.3 Å². The highest BCUT2D eigenvalue weighted by Gasteiger charge is 2.18. The number of aromatic nitrogens is 1. The van der Waals surface area contributed by atoms with Crippen molar-refractivity contribution in [1.29, 1.82) is 0 Å². The molecule has 0 aliphatic heterocycles. The highest BCUT2D eigenvalue weighted by atomic mass is 19.1. The fourth-order valence-corrected chi connectivity index (χ4v) is 2.14. The molecular formula is C15H20FN3O. The summed E-state index contributed by atoms with van der Waals surface area (Å²) in [7, 11) is 1.63. The molecule has 2 aromatic rings. The second-order valence-corrected chi connectivity index (χ2v) is 5.17. The van der Waals surface area contributed by atoms with E-state index in [4.69, 9.17) is 10.5 Å². The van der Waals surface area contributed by atoms with Crippen molar-refractivity contribution in [2.45, 2.75) is 19.9 Å². The van der Waals surface area contributed by atoms with Gasteiger partial charge >= 0.3 is 0 Å². The van der Waals surface area contributed by atoms with Gasteiger partial charge < -0.3 is 15.8 Å². The lowest BCUT2D eigenvalue weighted by molar-refractivity contribution is 0.171. The third-order valence-corrected chi connectivity index (χ3v) is 3.36. The molecule has 0 aliphatic carbocycles. The topological polar surface area (TPSA) is 60.2 Å². The molecule has 0 aliphatic rings. The second-order valence-electron chi connectivity index (χ2n) is 5.17. The van der Waals surface area contributed by atoms with Gasteiger partial charge in [0.15, 0.2) is 5.82 Å². The maximum absolute atomic E-state index is 14.2. The first kappa shape index (κ1) is 14.5. The first-order chi connectivity index (χ1) is 9.54. The number of pyridine rings is 1. The van der Waals surface area contributed by atoms with Gasteiger partial charge in [-0.1, -0.05) is 13.8 Å². The minimum absolute atomic E-state index is 0.00308. The largest absolute Gasteiger partial charge is 0.398 e. The maximum Gasteiger partial charge on any atom is 0.150 e. The van der Waals surface area contributed by atoms with Crippen LogP contribution in [0.1, 0.15) is 13.8 Å². The number of fused-ring (bicyclic) bond motifs is 1. The van der Waals surface area contributed by atoms with Gasteiger partial charge in [-0.05, 0) is 24.1 Å². The summed E-state index contributed by atoms with van der Waals surface area (Å²) in [4.78, 5) is 4.25. The minimum atomic E-state index is -0.393. The molecule has 1 aromatic carbocycles.